The highest BCUT2D eigenvalue weighted by Gasteiger charge is 2.43. The monoisotopic (exact) mass is 694 g/mol. The van der Waals surface area contributed by atoms with Gasteiger partial charge in [-0.2, -0.15) is 0 Å². The minimum absolute atomic E-state index is 0.143. The second-order valence-electron chi connectivity index (χ2n) is 12.3. The van der Waals surface area contributed by atoms with Crippen LogP contribution in [0.5, 0.6) is 0 Å². The fourth-order valence-corrected chi connectivity index (χ4v) is 7.47. The third-order valence-corrected chi connectivity index (χ3v) is 11.0. The summed E-state index contributed by atoms with van der Waals surface area (Å²) in [7, 11) is -2.98. The number of aliphatic carboxylic acids is 1. The molecule has 2 fully saturated rings. The Bertz CT molecular complexity index is 1280. The summed E-state index contributed by atoms with van der Waals surface area (Å²) in [5.74, 6) is -3.82. The summed E-state index contributed by atoms with van der Waals surface area (Å²) < 4.78 is 30.4. The first-order chi connectivity index (χ1) is 23.0. The molecule has 1 heterocycles. The second-order valence-corrected chi connectivity index (χ2v) is 14.6. The van der Waals surface area contributed by atoms with Gasteiger partial charge in [0.2, 0.25) is 11.8 Å². The van der Waals surface area contributed by atoms with Crippen LogP contribution in [0.4, 0.5) is 4.79 Å². The Morgan fingerprint density at radius 3 is 2.35 bits per heavy atom. The molecule has 14 nitrogen and oxygen atoms in total. The van der Waals surface area contributed by atoms with Gasteiger partial charge in [-0.15, -0.1) is 0 Å². The van der Waals surface area contributed by atoms with Crippen molar-refractivity contribution in [3.05, 3.63) is 35.9 Å². The number of carboxylic acid groups (broad SMARTS) is 1. The van der Waals surface area contributed by atoms with Crippen molar-refractivity contribution in [2.75, 3.05) is 20.2 Å². The van der Waals surface area contributed by atoms with E-state index in [9.17, 15) is 33.6 Å². The number of carbonyl (C=O) groups excluding carboxylic acids is 4. The minimum atomic E-state index is -4.15. The Kier molecular flexibility index (Phi) is 15.8. The van der Waals surface area contributed by atoms with E-state index in [0.29, 0.717) is 45.1 Å². The summed E-state index contributed by atoms with van der Waals surface area (Å²) in [4.78, 5) is 64.7. The summed E-state index contributed by atoms with van der Waals surface area (Å²) in [6.07, 6.45) is 4.13. The van der Waals surface area contributed by atoms with E-state index in [1.165, 1.54) is 18.9 Å². The molecule has 5 atom stereocenters. The predicted molar refractivity (Wildman–Crippen MR) is 177 cm³/mol. The number of benzene rings is 1. The van der Waals surface area contributed by atoms with E-state index in [1.807, 2.05) is 37.3 Å². The number of hydrogen-bond donors (Lipinski definition) is 4. The average Bonchev–Trinajstić information content (AvgIpc) is 3.54. The highest BCUT2D eigenvalue weighted by atomic mass is 31.2. The maximum Gasteiger partial charge on any atom is 0.407 e. The van der Waals surface area contributed by atoms with Gasteiger partial charge in [0.15, 0.2) is 0 Å². The van der Waals surface area contributed by atoms with Gasteiger partial charge in [0.25, 0.3) is 5.91 Å². The SMILES string of the molecule is CCCCC(NC(=O)[C@H](CCCCNC(=O)OCc1ccccc1)NC(=O)C1CCC1)P(=O)(OC)O[C@@H](C)C(=O)N1CCC[C@H]1C(=O)O. The van der Waals surface area contributed by atoms with Crippen LogP contribution in [0.2, 0.25) is 0 Å². The zero-order valence-corrected chi connectivity index (χ0v) is 29.1. The number of ether oxygens (including phenoxy) is 1. The van der Waals surface area contributed by atoms with Crippen molar-refractivity contribution in [1.29, 1.82) is 0 Å². The van der Waals surface area contributed by atoms with Crippen LogP contribution in [0.1, 0.15) is 90.0 Å². The van der Waals surface area contributed by atoms with Crippen LogP contribution in [-0.4, -0.2) is 84.0 Å². The maximum atomic E-state index is 14.1. The molecule has 1 aromatic rings. The lowest BCUT2D eigenvalue weighted by Gasteiger charge is -2.32. The first-order valence-corrected chi connectivity index (χ1v) is 18.5. The zero-order chi connectivity index (χ0) is 35.1. The number of carboxylic acids is 1. The zero-order valence-electron chi connectivity index (χ0n) is 28.2. The van der Waals surface area contributed by atoms with Gasteiger partial charge in [0, 0.05) is 26.1 Å². The number of hydrogen-bond acceptors (Lipinski definition) is 9. The molecule has 4 N–H and O–H groups in total. The van der Waals surface area contributed by atoms with Gasteiger partial charge in [-0.3, -0.25) is 23.5 Å². The number of amides is 4. The van der Waals surface area contributed by atoms with E-state index in [4.69, 9.17) is 13.8 Å². The van der Waals surface area contributed by atoms with Crippen LogP contribution in [0.15, 0.2) is 30.3 Å². The first-order valence-electron chi connectivity index (χ1n) is 16.9. The van der Waals surface area contributed by atoms with Crippen LogP contribution in [0, 0.1) is 5.92 Å². The van der Waals surface area contributed by atoms with Crippen molar-refractivity contribution in [1.82, 2.24) is 20.9 Å². The Hall–Kier alpha value is -3.48. The average molecular weight is 695 g/mol. The number of nitrogens with one attached hydrogen (secondary N) is 3. The second kappa shape index (κ2) is 19.5. The van der Waals surface area contributed by atoms with E-state index in [2.05, 4.69) is 16.0 Å². The molecule has 1 aliphatic carbocycles. The van der Waals surface area contributed by atoms with Crippen molar-refractivity contribution >= 4 is 37.4 Å². The van der Waals surface area contributed by atoms with Crippen molar-refractivity contribution in [3.8, 4) is 0 Å². The lowest BCUT2D eigenvalue weighted by molar-refractivity contribution is -0.151. The van der Waals surface area contributed by atoms with Gasteiger partial charge in [-0.05, 0) is 63.9 Å². The van der Waals surface area contributed by atoms with Crippen LogP contribution < -0.4 is 16.0 Å². The topological polar surface area (TPSA) is 190 Å². The molecule has 15 heteroatoms. The van der Waals surface area contributed by atoms with Gasteiger partial charge in [0.1, 0.15) is 30.6 Å². The Morgan fingerprint density at radius 1 is 1.00 bits per heavy atom. The third kappa shape index (κ3) is 11.6. The van der Waals surface area contributed by atoms with Gasteiger partial charge in [-0.25, -0.2) is 9.59 Å². The first kappa shape index (κ1) is 39.0. The summed E-state index contributed by atoms with van der Waals surface area (Å²) in [5.41, 5.74) is 0.865. The summed E-state index contributed by atoms with van der Waals surface area (Å²) >= 11 is 0. The van der Waals surface area contributed by atoms with Crippen LogP contribution in [-0.2, 0) is 44.1 Å². The number of alkyl carbamates (subject to hydrolysis) is 1. The molecule has 48 heavy (non-hydrogen) atoms. The Balaban J connectivity index is 1.62. The normalized spacial score (nSPS) is 19.2. The molecule has 3 rings (SSSR count). The molecule has 268 valence electrons. The summed E-state index contributed by atoms with van der Waals surface area (Å²) in [6.45, 7) is 4.00. The van der Waals surface area contributed by atoms with E-state index < -0.39 is 55.4 Å². The van der Waals surface area contributed by atoms with Gasteiger partial charge >= 0.3 is 19.7 Å². The van der Waals surface area contributed by atoms with Crippen molar-refractivity contribution < 1.29 is 47.4 Å². The van der Waals surface area contributed by atoms with E-state index >= 15 is 0 Å². The molecule has 4 amide bonds. The Labute approximate surface area is 282 Å². The van der Waals surface area contributed by atoms with Crippen LogP contribution >= 0.6 is 7.60 Å². The molecule has 0 aromatic heterocycles. The van der Waals surface area contributed by atoms with Crippen molar-refractivity contribution in [2.24, 2.45) is 5.92 Å². The Morgan fingerprint density at radius 2 is 1.73 bits per heavy atom. The lowest BCUT2D eigenvalue weighted by Crippen LogP contribution is -2.52. The fraction of sp³-hybridized carbons (Fsp3) is 0.667. The number of nitrogens with zero attached hydrogens (tertiary/aromatic N) is 1. The smallest absolute Gasteiger partial charge is 0.407 e. The standard InChI is InChI=1S/C33H51N4O10P/c1-4-5-19-28(48(44,45-3)47-23(2)31(40)37-21-12-18-27(37)32(41)42)36-30(39)26(35-29(38)25-15-11-16-25)17-9-10-20-34-33(43)46-22-24-13-7-6-8-14-24/h6-8,13-14,23,25-28H,4-5,9-12,15-22H2,1-3H3,(H,34,43)(H,35,38)(H,36,39)(H,41,42)/t23-,26-,27-,28?,48?/m0/s1. The third-order valence-electron chi connectivity index (χ3n) is 8.76. The highest BCUT2D eigenvalue weighted by Crippen LogP contribution is 2.54. The van der Waals surface area contributed by atoms with Gasteiger partial charge in [-0.1, -0.05) is 56.5 Å². The summed E-state index contributed by atoms with van der Waals surface area (Å²) in [5, 5.41) is 17.8. The molecular weight excluding hydrogens is 643 g/mol. The summed E-state index contributed by atoms with van der Waals surface area (Å²) in [6, 6.07) is 7.36. The van der Waals surface area contributed by atoms with Crippen LogP contribution in [0.3, 0.4) is 0 Å². The molecule has 0 spiro atoms. The quantitative estimate of drug-likeness (QED) is 0.113. The molecule has 0 bridgehead atoms. The molecule has 1 saturated carbocycles. The largest absolute Gasteiger partial charge is 0.480 e. The number of rotatable bonds is 20. The molecule has 2 unspecified atom stereocenters. The predicted octanol–water partition coefficient (Wildman–Crippen LogP) is 4.32. The van der Waals surface area contributed by atoms with Gasteiger partial charge in [0.05, 0.1) is 0 Å². The van der Waals surface area contributed by atoms with Gasteiger partial charge < -0.3 is 35.2 Å². The minimum Gasteiger partial charge on any atom is -0.480 e. The molecule has 1 saturated heterocycles. The molecule has 1 aromatic carbocycles. The van der Waals surface area contributed by atoms with Crippen LogP contribution in [0.25, 0.3) is 0 Å². The number of likely N-dealkylation sites (tertiary alicyclic amines) is 1. The molecule has 2 aliphatic rings. The van der Waals surface area contributed by atoms with E-state index in [0.717, 1.165) is 24.8 Å². The number of carbonyl (C=O) groups is 5. The van der Waals surface area contributed by atoms with E-state index in [1.54, 1.807) is 0 Å². The lowest BCUT2D eigenvalue weighted by atomic mass is 9.84. The number of unbranched alkanes of at least 4 members (excludes halogenated alkanes) is 2. The van der Waals surface area contributed by atoms with Crippen molar-refractivity contribution in [2.45, 2.75) is 115 Å². The fourth-order valence-electron chi connectivity index (χ4n) is 5.67. The molecule has 1 aliphatic heterocycles. The molecular formula is C33H51N4O10P. The molecule has 0 radical (unpaired) electrons. The maximum absolute atomic E-state index is 14.1. The van der Waals surface area contributed by atoms with Crippen molar-refractivity contribution in [3.63, 3.8) is 0 Å². The highest BCUT2D eigenvalue weighted by molar-refractivity contribution is 7.54. The van der Waals surface area contributed by atoms with E-state index in [-0.39, 0.29) is 37.8 Å².